The number of hydrogen-bond acceptors (Lipinski definition) is 8. The third kappa shape index (κ3) is 5.42. The molecular formula is C28H37N7O2S. The first-order chi connectivity index (χ1) is 18.0. The number of fused-ring (bicyclic) bond motifs is 1. The minimum Gasteiger partial charge on any atom is -0.444 e. The number of rotatable bonds is 5. The Labute approximate surface area is 228 Å². The molecule has 0 fully saturated rings. The number of carbonyl (C=O) groups excluding carboxylic acids is 1. The second-order valence-electron chi connectivity index (χ2n) is 11.2. The second kappa shape index (κ2) is 10.1. The average molecular weight is 536 g/mol. The summed E-state index contributed by atoms with van der Waals surface area (Å²) in [5.74, 6) is 1.14. The van der Waals surface area contributed by atoms with Crippen LogP contribution < -0.4 is 10.7 Å². The number of aromatic nitrogens is 3. The predicted molar refractivity (Wildman–Crippen MR) is 154 cm³/mol. The van der Waals surface area contributed by atoms with Gasteiger partial charge in [-0.25, -0.2) is 20.2 Å². The van der Waals surface area contributed by atoms with Crippen LogP contribution in [-0.4, -0.2) is 62.7 Å². The van der Waals surface area contributed by atoms with Crippen LogP contribution in [-0.2, 0) is 4.74 Å². The number of ether oxygens (including phenoxy) is 1. The monoisotopic (exact) mass is 535 g/mol. The zero-order valence-electron chi connectivity index (χ0n) is 23.3. The molecule has 10 heteroatoms. The molecule has 2 N–H and O–H groups in total. The summed E-state index contributed by atoms with van der Waals surface area (Å²) < 4.78 is 7.75. The van der Waals surface area contributed by atoms with Gasteiger partial charge in [-0.05, 0) is 57.2 Å². The van der Waals surface area contributed by atoms with E-state index in [-0.39, 0.29) is 6.09 Å². The topological polar surface area (TPSA) is 87.0 Å². The molecule has 0 bridgehead atoms. The lowest BCUT2D eigenvalue weighted by atomic mass is 10.1. The Hall–Kier alpha value is -3.37. The van der Waals surface area contributed by atoms with Crippen molar-refractivity contribution in [3.8, 4) is 0 Å². The number of thiophene rings is 1. The van der Waals surface area contributed by atoms with Crippen LogP contribution in [0.15, 0.2) is 30.7 Å². The van der Waals surface area contributed by atoms with Gasteiger partial charge < -0.3 is 20.0 Å². The minimum absolute atomic E-state index is 0.300. The SMILES string of the molecule is Cc1sc(Nc2nc(C3=CCCN(C(=O)OC(C)(C)C)C3)cn3c(C4=CN(C)NC4)cnc23)cc1C(C)C. The van der Waals surface area contributed by atoms with Crippen molar-refractivity contribution >= 4 is 45.0 Å². The fourth-order valence-corrected chi connectivity index (χ4v) is 5.89. The van der Waals surface area contributed by atoms with Gasteiger partial charge in [0.1, 0.15) is 5.60 Å². The highest BCUT2D eigenvalue weighted by Crippen LogP contribution is 2.35. The van der Waals surface area contributed by atoms with Crippen molar-refractivity contribution in [1.29, 1.82) is 0 Å². The standard InChI is InChI=1S/C28H37N7O2S/c1-17(2)21-11-24(38-18(21)3)32-25-26-29-13-23(20-12-30-33(7)14-20)35(26)16-22(31-25)19-9-8-10-34(15-19)27(36)37-28(4,5)6/h9,11,13-14,16-17,30H,8,10,12,15H2,1-7H3,(H,31,32). The average Bonchev–Trinajstić information content (AvgIpc) is 3.56. The van der Waals surface area contributed by atoms with E-state index in [4.69, 9.17) is 14.7 Å². The summed E-state index contributed by atoms with van der Waals surface area (Å²) in [5, 5.41) is 6.56. The first-order valence-corrected chi connectivity index (χ1v) is 13.9. The molecule has 0 unspecified atom stereocenters. The lowest BCUT2D eigenvalue weighted by Gasteiger charge is -2.30. The second-order valence-corrected chi connectivity index (χ2v) is 12.5. The lowest BCUT2D eigenvalue weighted by molar-refractivity contribution is 0.0273. The maximum absolute atomic E-state index is 12.8. The minimum atomic E-state index is -0.539. The molecule has 0 saturated heterocycles. The molecule has 0 radical (unpaired) electrons. The number of nitrogens with zero attached hydrogens (tertiary/aromatic N) is 5. The van der Waals surface area contributed by atoms with E-state index in [0.717, 1.165) is 46.1 Å². The highest BCUT2D eigenvalue weighted by Gasteiger charge is 2.26. The molecule has 2 aliphatic heterocycles. The van der Waals surface area contributed by atoms with Gasteiger partial charge in [0.05, 0.1) is 29.1 Å². The Bertz CT molecular complexity index is 1430. The number of anilines is 2. The van der Waals surface area contributed by atoms with Gasteiger partial charge in [-0.2, -0.15) is 0 Å². The summed E-state index contributed by atoms with van der Waals surface area (Å²) in [5.41, 5.74) is 8.82. The van der Waals surface area contributed by atoms with Gasteiger partial charge in [-0.15, -0.1) is 11.3 Å². The fraction of sp³-hybridized carbons (Fsp3) is 0.464. The number of aryl methyl sites for hydroxylation is 1. The van der Waals surface area contributed by atoms with Gasteiger partial charge >= 0.3 is 6.09 Å². The van der Waals surface area contributed by atoms with Crippen molar-refractivity contribution < 1.29 is 9.53 Å². The van der Waals surface area contributed by atoms with Gasteiger partial charge in [0.2, 0.25) is 0 Å². The Balaban J connectivity index is 1.55. The Kier molecular flexibility index (Phi) is 6.96. The maximum Gasteiger partial charge on any atom is 0.410 e. The number of hydrazine groups is 1. The van der Waals surface area contributed by atoms with E-state index in [1.54, 1.807) is 16.2 Å². The van der Waals surface area contributed by atoms with Crippen LogP contribution in [0.2, 0.25) is 0 Å². The molecule has 0 atom stereocenters. The van der Waals surface area contributed by atoms with Crippen molar-refractivity contribution in [2.75, 3.05) is 32.0 Å². The van der Waals surface area contributed by atoms with E-state index in [1.807, 2.05) is 45.2 Å². The zero-order chi connectivity index (χ0) is 27.2. The van der Waals surface area contributed by atoms with Crippen LogP contribution >= 0.6 is 11.3 Å². The summed E-state index contributed by atoms with van der Waals surface area (Å²) in [6.07, 6.45) is 8.64. The van der Waals surface area contributed by atoms with Gasteiger partial charge in [0.15, 0.2) is 11.5 Å². The first-order valence-electron chi connectivity index (χ1n) is 13.1. The smallest absolute Gasteiger partial charge is 0.410 e. The Morgan fingerprint density at radius 2 is 2.05 bits per heavy atom. The quantitative estimate of drug-likeness (QED) is 0.428. The largest absolute Gasteiger partial charge is 0.444 e. The zero-order valence-corrected chi connectivity index (χ0v) is 24.1. The van der Waals surface area contributed by atoms with Crippen LogP contribution in [0.5, 0.6) is 0 Å². The molecule has 202 valence electrons. The normalized spacial score (nSPS) is 16.3. The van der Waals surface area contributed by atoms with Crippen LogP contribution in [0, 0.1) is 6.92 Å². The van der Waals surface area contributed by atoms with Crippen molar-refractivity contribution in [1.82, 2.24) is 29.7 Å². The highest BCUT2D eigenvalue weighted by molar-refractivity contribution is 7.16. The number of imidazole rings is 1. The molecule has 3 aromatic rings. The van der Waals surface area contributed by atoms with Crippen LogP contribution in [0.1, 0.15) is 68.8 Å². The van der Waals surface area contributed by atoms with Crippen LogP contribution in [0.4, 0.5) is 15.6 Å². The Morgan fingerprint density at radius 1 is 1.26 bits per heavy atom. The van der Waals surface area contributed by atoms with Gasteiger partial charge in [0, 0.05) is 43.0 Å². The summed E-state index contributed by atoms with van der Waals surface area (Å²) in [6.45, 7) is 14.0. The predicted octanol–water partition coefficient (Wildman–Crippen LogP) is 5.78. The number of hydrogen-bond donors (Lipinski definition) is 2. The Morgan fingerprint density at radius 3 is 2.71 bits per heavy atom. The molecule has 0 spiro atoms. The summed E-state index contributed by atoms with van der Waals surface area (Å²) >= 11 is 1.73. The van der Waals surface area contributed by atoms with Gasteiger partial charge in [-0.1, -0.05) is 19.9 Å². The third-order valence-electron chi connectivity index (χ3n) is 6.64. The molecule has 2 aliphatic rings. The number of carbonyl (C=O) groups is 1. The molecule has 0 aliphatic carbocycles. The van der Waals surface area contributed by atoms with E-state index in [2.05, 4.69) is 54.3 Å². The van der Waals surface area contributed by atoms with Crippen LogP contribution in [0.3, 0.4) is 0 Å². The number of nitrogens with one attached hydrogen (secondary N) is 2. The molecule has 5 rings (SSSR count). The molecule has 0 aromatic carbocycles. The van der Waals surface area contributed by atoms with Crippen LogP contribution in [0.25, 0.3) is 16.8 Å². The molecule has 38 heavy (non-hydrogen) atoms. The summed E-state index contributed by atoms with van der Waals surface area (Å²) in [7, 11) is 1.99. The van der Waals surface area contributed by atoms with E-state index >= 15 is 0 Å². The molecule has 0 saturated carbocycles. The molecule has 1 amide bonds. The molecule has 9 nitrogen and oxygen atoms in total. The fourth-order valence-electron chi connectivity index (χ4n) is 4.82. The van der Waals surface area contributed by atoms with Gasteiger partial charge in [-0.3, -0.25) is 4.40 Å². The highest BCUT2D eigenvalue weighted by atomic mass is 32.1. The van der Waals surface area contributed by atoms with E-state index in [1.165, 1.54) is 10.4 Å². The van der Waals surface area contributed by atoms with Gasteiger partial charge in [0.25, 0.3) is 0 Å². The van der Waals surface area contributed by atoms with E-state index < -0.39 is 5.60 Å². The summed E-state index contributed by atoms with van der Waals surface area (Å²) in [4.78, 5) is 25.7. The molecular weight excluding hydrogens is 498 g/mol. The van der Waals surface area contributed by atoms with Crippen molar-refractivity contribution in [3.05, 3.63) is 52.6 Å². The third-order valence-corrected chi connectivity index (χ3v) is 7.62. The first kappa shape index (κ1) is 26.2. The van der Waals surface area contributed by atoms with Crippen molar-refractivity contribution in [2.45, 2.75) is 59.5 Å². The summed E-state index contributed by atoms with van der Waals surface area (Å²) in [6, 6.07) is 2.21. The lowest BCUT2D eigenvalue weighted by Crippen LogP contribution is -2.39. The molecule has 3 aromatic heterocycles. The van der Waals surface area contributed by atoms with Crippen molar-refractivity contribution in [2.24, 2.45) is 0 Å². The van der Waals surface area contributed by atoms with E-state index in [0.29, 0.717) is 24.8 Å². The van der Waals surface area contributed by atoms with E-state index in [9.17, 15) is 4.79 Å². The number of amides is 1. The van der Waals surface area contributed by atoms with Crippen molar-refractivity contribution in [3.63, 3.8) is 0 Å². The maximum atomic E-state index is 12.8. The molecule has 5 heterocycles.